The van der Waals surface area contributed by atoms with Crippen molar-refractivity contribution in [2.75, 3.05) is 45.3 Å². The highest BCUT2D eigenvalue weighted by Crippen LogP contribution is 2.26. The van der Waals surface area contributed by atoms with Gasteiger partial charge >= 0.3 is 5.69 Å². The van der Waals surface area contributed by atoms with Crippen molar-refractivity contribution in [1.82, 2.24) is 23.6 Å². The molecule has 1 amide bonds. The fourth-order valence-electron chi connectivity index (χ4n) is 4.82. The van der Waals surface area contributed by atoms with Crippen LogP contribution in [-0.4, -0.2) is 69.9 Å². The average molecular weight is 597 g/mol. The van der Waals surface area contributed by atoms with Gasteiger partial charge in [-0.05, 0) is 29.8 Å². The van der Waals surface area contributed by atoms with Gasteiger partial charge in [0, 0.05) is 56.4 Å². The van der Waals surface area contributed by atoms with Gasteiger partial charge in [0.05, 0.1) is 20.8 Å². The zero-order valence-corrected chi connectivity index (χ0v) is 23.8. The number of imidazole rings is 1. The molecule has 1 saturated heterocycles. The maximum atomic E-state index is 13.3. The summed E-state index contributed by atoms with van der Waals surface area (Å²) in [5.41, 5.74) is 1.33. The molecule has 2 aromatic carbocycles. The summed E-state index contributed by atoms with van der Waals surface area (Å²) >= 11 is 3.46. The third-order valence-corrected chi connectivity index (χ3v) is 7.56. The number of aromatic nitrogens is 4. The molecule has 0 spiro atoms. The number of carbonyl (C=O) groups excluding carboxylic acids is 1. The summed E-state index contributed by atoms with van der Waals surface area (Å²) in [5, 5.41) is 0. The molecule has 4 aromatic rings. The maximum absolute atomic E-state index is 13.3. The molecule has 2 aromatic heterocycles. The second-order valence-electron chi connectivity index (χ2n) is 9.38. The minimum Gasteiger partial charge on any atom is -0.497 e. The molecule has 5 rings (SSSR count). The first kappa shape index (κ1) is 26.5. The molecule has 0 unspecified atom stereocenters. The zero-order chi connectivity index (χ0) is 27.8. The Labute approximate surface area is 232 Å². The second-order valence-corrected chi connectivity index (χ2v) is 10.3. The van der Waals surface area contributed by atoms with Crippen LogP contribution < -0.4 is 25.6 Å². The van der Waals surface area contributed by atoms with Gasteiger partial charge in [-0.15, -0.1) is 0 Å². The van der Waals surface area contributed by atoms with Gasteiger partial charge in [-0.1, -0.05) is 28.1 Å². The largest absolute Gasteiger partial charge is 0.497 e. The third kappa shape index (κ3) is 4.91. The normalized spacial score (nSPS) is 13.7. The molecule has 11 nitrogen and oxygen atoms in total. The van der Waals surface area contributed by atoms with E-state index in [9.17, 15) is 14.4 Å². The molecular weight excluding hydrogens is 568 g/mol. The number of benzene rings is 2. The van der Waals surface area contributed by atoms with Gasteiger partial charge in [0.25, 0.3) is 11.5 Å². The fourth-order valence-corrected chi connectivity index (χ4v) is 5.09. The van der Waals surface area contributed by atoms with Crippen LogP contribution >= 0.6 is 15.9 Å². The number of hydrogen-bond acceptors (Lipinski definition) is 7. The highest BCUT2D eigenvalue weighted by atomic mass is 79.9. The van der Waals surface area contributed by atoms with Gasteiger partial charge in [0.15, 0.2) is 11.2 Å². The second kappa shape index (κ2) is 10.6. The molecule has 3 heterocycles. The van der Waals surface area contributed by atoms with Crippen molar-refractivity contribution in [3.05, 3.63) is 78.9 Å². The Morgan fingerprint density at radius 2 is 1.54 bits per heavy atom. The van der Waals surface area contributed by atoms with Gasteiger partial charge in [-0.3, -0.25) is 23.3 Å². The first-order valence-electron chi connectivity index (χ1n) is 12.4. The van der Waals surface area contributed by atoms with Crippen LogP contribution in [0, 0.1) is 0 Å². The predicted molar refractivity (Wildman–Crippen MR) is 151 cm³/mol. The van der Waals surface area contributed by atoms with E-state index in [4.69, 9.17) is 14.5 Å². The van der Waals surface area contributed by atoms with E-state index in [1.807, 2.05) is 28.8 Å². The molecule has 1 aliphatic rings. The Balaban J connectivity index is 1.48. The number of methoxy groups -OCH3 is 2. The summed E-state index contributed by atoms with van der Waals surface area (Å²) in [5.74, 6) is 1.56. The maximum Gasteiger partial charge on any atom is 0.332 e. The third-order valence-electron chi connectivity index (χ3n) is 7.03. The lowest BCUT2D eigenvalue weighted by Crippen LogP contribution is -2.49. The molecule has 1 aliphatic heterocycles. The zero-order valence-electron chi connectivity index (χ0n) is 22.2. The molecule has 0 bridgehead atoms. The molecule has 0 atom stereocenters. The van der Waals surface area contributed by atoms with E-state index in [1.165, 1.54) is 11.6 Å². The molecule has 0 aliphatic carbocycles. The van der Waals surface area contributed by atoms with Gasteiger partial charge in [0.2, 0.25) is 5.95 Å². The molecular formula is C27H29BrN6O5. The van der Waals surface area contributed by atoms with E-state index in [2.05, 4.69) is 20.8 Å². The van der Waals surface area contributed by atoms with Crippen molar-refractivity contribution < 1.29 is 14.3 Å². The number of fused-ring (bicyclic) bond motifs is 1. The summed E-state index contributed by atoms with van der Waals surface area (Å²) in [6.07, 6.45) is 0. The van der Waals surface area contributed by atoms with Crippen LogP contribution in [0.2, 0.25) is 0 Å². The number of halogens is 1. The van der Waals surface area contributed by atoms with Gasteiger partial charge in [0.1, 0.15) is 11.5 Å². The molecule has 39 heavy (non-hydrogen) atoms. The van der Waals surface area contributed by atoms with Crippen LogP contribution in [0.4, 0.5) is 5.95 Å². The van der Waals surface area contributed by atoms with Crippen molar-refractivity contribution in [1.29, 1.82) is 0 Å². The monoisotopic (exact) mass is 596 g/mol. The van der Waals surface area contributed by atoms with Crippen molar-refractivity contribution in [3.63, 3.8) is 0 Å². The molecule has 0 radical (unpaired) electrons. The number of hydrogen-bond donors (Lipinski definition) is 0. The van der Waals surface area contributed by atoms with Crippen molar-refractivity contribution in [2.24, 2.45) is 14.1 Å². The smallest absolute Gasteiger partial charge is 0.332 e. The molecule has 0 saturated carbocycles. The highest BCUT2D eigenvalue weighted by Gasteiger charge is 2.28. The predicted octanol–water partition coefficient (Wildman–Crippen LogP) is 2.22. The van der Waals surface area contributed by atoms with E-state index >= 15 is 0 Å². The van der Waals surface area contributed by atoms with Gasteiger partial charge < -0.3 is 19.3 Å². The van der Waals surface area contributed by atoms with Crippen molar-refractivity contribution in [3.8, 4) is 11.5 Å². The van der Waals surface area contributed by atoms with Crippen molar-refractivity contribution >= 4 is 38.9 Å². The van der Waals surface area contributed by atoms with E-state index in [1.54, 1.807) is 44.4 Å². The Kier molecular flexibility index (Phi) is 7.21. The number of anilines is 1. The number of ether oxygens (including phenoxy) is 2. The SMILES string of the molecule is COc1cc(OC)cc(C(=O)N2CCN(c3nc4c(c(=O)n(C)c(=O)n4C)n3Cc3ccc(Br)cc3)CC2)c1. The van der Waals surface area contributed by atoms with Crippen LogP contribution in [0.3, 0.4) is 0 Å². The van der Waals surface area contributed by atoms with E-state index in [0.29, 0.717) is 66.9 Å². The number of rotatable bonds is 6. The topological polar surface area (TPSA) is 104 Å². The van der Waals surface area contributed by atoms with Crippen LogP contribution in [0.5, 0.6) is 11.5 Å². The van der Waals surface area contributed by atoms with Gasteiger partial charge in [-0.2, -0.15) is 4.98 Å². The minimum atomic E-state index is -0.434. The summed E-state index contributed by atoms with van der Waals surface area (Å²) in [7, 11) is 6.18. The summed E-state index contributed by atoms with van der Waals surface area (Å²) in [4.78, 5) is 47.8. The Bertz CT molecular complexity index is 1640. The molecule has 12 heteroatoms. The Morgan fingerprint density at radius 1 is 0.923 bits per heavy atom. The van der Waals surface area contributed by atoms with E-state index in [-0.39, 0.29) is 5.91 Å². The summed E-state index contributed by atoms with van der Waals surface area (Å²) in [6.45, 7) is 2.32. The first-order valence-corrected chi connectivity index (χ1v) is 13.2. The van der Waals surface area contributed by atoms with E-state index in [0.717, 1.165) is 14.6 Å². The standard InChI is InChI=1S/C27H29BrN6O5/c1-30-23-22(25(36)31(2)27(30)37)34(16-17-5-7-19(28)8-6-17)26(29-23)33-11-9-32(10-12-33)24(35)18-13-20(38-3)15-21(14-18)39-4/h5-8,13-15H,9-12,16H2,1-4H3. The highest BCUT2D eigenvalue weighted by molar-refractivity contribution is 9.10. The number of nitrogens with zero attached hydrogens (tertiary/aromatic N) is 6. The van der Waals surface area contributed by atoms with Crippen LogP contribution in [0.15, 0.2) is 56.5 Å². The van der Waals surface area contributed by atoms with E-state index < -0.39 is 11.2 Å². The molecule has 1 fully saturated rings. The number of carbonyl (C=O) groups is 1. The average Bonchev–Trinajstić information content (AvgIpc) is 3.34. The molecule has 0 N–H and O–H groups in total. The van der Waals surface area contributed by atoms with Crippen LogP contribution in [-0.2, 0) is 20.6 Å². The minimum absolute atomic E-state index is 0.119. The molecule has 204 valence electrons. The first-order chi connectivity index (χ1) is 18.7. The lowest BCUT2D eigenvalue weighted by molar-refractivity contribution is 0.0745. The van der Waals surface area contributed by atoms with Crippen molar-refractivity contribution in [2.45, 2.75) is 6.54 Å². The number of piperazine rings is 1. The number of aryl methyl sites for hydroxylation is 1. The quantitative estimate of drug-likeness (QED) is 0.336. The fraction of sp³-hybridized carbons (Fsp3) is 0.333. The van der Waals surface area contributed by atoms with Crippen LogP contribution in [0.25, 0.3) is 11.2 Å². The Morgan fingerprint density at radius 3 is 2.13 bits per heavy atom. The summed E-state index contributed by atoms with van der Waals surface area (Å²) < 4.78 is 16.0. The Hall–Kier alpha value is -4.06. The number of amides is 1. The lowest BCUT2D eigenvalue weighted by Gasteiger charge is -2.35. The summed E-state index contributed by atoms with van der Waals surface area (Å²) in [6, 6.07) is 13.0. The lowest BCUT2D eigenvalue weighted by atomic mass is 10.1. The van der Waals surface area contributed by atoms with Crippen LogP contribution in [0.1, 0.15) is 15.9 Å². The van der Waals surface area contributed by atoms with Gasteiger partial charge in [-0.25, -0.2) is 4.79 Å².